The van der Waals surface area contributed by atoms with Crippen LogP contribution in [0.15, 0.2) is 23.1 Å². The Kier molecular flexibility index (Phi) is 4.93. The van der Waals surface area contributed by atoms with E-state index in [4.69, 9.17) is 35.4 Å². The second-order valence-electron chi connectivity index (χ2n) is 4.22. The predicted octanol–water partition coefficient (Wildman–Crippen LogP) is 2.33. The molecule has 1 aliphatic heterocycles. The average molecular weight is 361 g/mol. The standard InChI is InChI=1S/C13H9Cl2NO3S2/c1-6(12(18)19)16-11(17)10(21-13(16)20)5-7-2-3-8(14)9(15)4-7/h2-6H,1H3,(H,18,19)/p-1/b10-5-/t6-/m1/s1. The first-order valence-electron chi connectivity index (χ1n) is 5.74. The van der Waals surface area contributed by atoms with Crippen molar-refractivity contribution in [1.82, 2.24) is 4.90 Å². The van der Waals surface area contributed by atoms with E-state index in [-0.39, 0.29) is 4.32 Å². The molecule has 1 amide bonds. The van der Waals surface area contributed by atoms with Gasteiger partial charge in [-0.3, -0.25) is 9.69 Å². The number of aliphatic carboxylic acids is 1. The van der Waals surface area contributed by atoms with Gasteiger partial charge in [-0.1, -0.05) is 53.2 Å². The van der Waals surface area contributed by atoms with E-state index in [2.05, 4.69) is 0 Å². The Morgan fingerprint density at radius 2 is 2.10 bits per heavy atom. The van der Waals surface area contributed by atoms with Crippen molar-refractivity contribution in [3.8, 4) is 0 Å². The summed E-state index contributed by atoms with van der Waals surface area (Å²) in [6, 6.07) is 3.80. The summed E-state index contributed by atoms with van der Waals surface area (Å²) in [5.41, 5.74) is 0.672. The number of hydrogen-bond acceptors (Lipinski definition) is 5. The summed E-state index contributed by atoms with van der Waals surface area (Å²) in [6.07, 6.45) is 1.59. The zero-order valence-electron chi connectivity index (χ0n) is 10.6. The van der Waals surface area contributed by atoms with Crippen molar-refractivity contribution >= 4 is 69.5 Å². The van der Waals surface area contributed by atoms with E-state index >= 15 is 0 Å². The summed E-state index contributed by atoms with van der Waals surface area (Å²) in [6.45, 7) is 1.35. The van der Waals surface area contributed by atoms with Crippen LogP contribution in [-0.2, 0) is 9.59 Å². The molecular formula is C13H8Cl2NO3S2-. The maximum absolute atomic E-state index is 12.2. The number of thiocarbonyl (C=S) groups is 1. The van der Waals surface area contributed by atoms with Crippen molar-refractivity contribution in [3.05, 3.63) is 38.7 Å². The Bertz CT molecular complexity index is 675. The van der Waals surface area contributed by atoms with Gasteiger partial charge in [0, 0.05) is 0 Å². The molecule has 0 aliphatic carbocycles. The summed E-state index contributed by atoms with van der Waals surface area (Å²) in [5, 5.41) is 11.7. The summed E-state index contributed by atoms with van der Waals surface area (Å²) in [5.74, 6) is -1.82. The molecule has 110 valence electrons. The molecule has 0 unspecified atom stereocenters. The van der Waals surface area contributed by atoms with E-state index in [1.807, 2.05) is 0 Å². The van der Waals surface area contributed by atoms with Gasteiger partial charge in [-0.05, 0) is 30.7 Å². The number of carboxylic acid groups (broad SMARTS) is 1. The van der Waals surface area contributed by atoms with E-state index < -0.39 is 17.9 Å². The summed E-state index contributed by atoms with van der Waals surface area (Å²) >= 11 is 17.8. The van der Waals surface area contributed by atoms with Crippen LogP contribution in [0.5, 0.6) is 0 Å². The molecule has 21 heavy (non-hydrogen) atoms. The number of rotatable bonds is 3. The van der Waals surface area contributed by atoms with Crippen LogP contribution in [0, 0.1) is 0 Å². The van der Waals surface area contributed by atoms with Crippen LogP contribution in [-0.4, -0.2) is 27.1 Å². The highest BCUT2D eigenvalue weighted by Crippen LogP contribution is 2.34. The summed E-state index contributed by atoms with van der Waals surface area (Å²) in [4.78, 5) is 24.5. The number of hydrogen-bond donors (Lipinski definition) is 0. The Morgan fingerprint density at radius 1 is 1.43 bits per heavy atom. The summed E-state index contributed by atoms with van der Waals surface area (Å²) in [7, 11) is 0. The van der Waals surface area contributed by atoms with Crippen LogP contribution in [0.3, 0.4) is 0 Å². The number of carbonyl (C=O) groups is 2. The maximum Gasteiger partial charge on any atom is 0.266 e. The van der Waals surface area contributed by atoms with Crippen LogP contribution in [0.25, 0.3) is 6.08 Å². The topological polar surface area (TPSA) is 60.4 Å². The Morgan fingerprint density at radius 3 is 2.67 bits per heavy atom. The quantitative estimate of drug-likeness (QED) is 0.611. The van der Waals surface area contributed by atoms with Gasteiger partial charge in [-0.15, -0.1) is 0 Å². The number of carbonyl (C=O) groups excluding carboxylic acids is 2. The number of carboxylic acids is 1. The maximum atomic E-state index is 12.2. The van der Waals surface area contributed by atoms with Crippen LogP contribution < -0.4 is 5.11 Å². The van der Waals surface area contributed by atoms with Crippen LogP contribution >= 0.6 is 47.2 Å². The first-order valence-corrected chi connectivity index (χ1v) is 7.72. The van der Waals surface area contributed by atoms with Gasteiger partial charge >= 0.3 is 0 Å². The normalized spacial score (nSPS) is 18.4. The third-order valence-electron chi connectivity index (χ3n) is 2.79. The molecule has 1 aromatic carbocycles. The zero-order valence-corrected chi connectivity index (χ0v) is 13.8. The molecule has 0 radical (unpaired) electrons. The molecule has 1 heterocycles. The monoisotopic (exact) mass is 360 g/mol. The molecule has 0 N–H and O–H groups in total. The second kappa shape index (κ2) is 6.36. The smallest absolute Gasteiger partial charge is 0.266 e. The minimum absolute atomic E-state index is 0.183. The van der Waals surface area contributed by atoms with E-state index in [0.29, 0.717) is 20.5 Å². The third-order valence-corrected chi connectivity index (χ3v) is 4.86. The van der Waals surface area contributed by atoms with Crippen molar-refractivity contribution < 1.29 is 14.7 Å². The minimum Gasteiger partial charge on any atom is -0.548 e. The molecule has 0 aromatic heterocycles. The molecule has 1 fully saturated rings. The Hall–Kier alpha value is -1.08. The molecule has 0 bridgehead atoms. The number of benzene rings is 1. The van der Waals surface area contributed by atoms with E-state index in [1.54, 1.807) is 24.3 Å². The average Bonchev–Trinajstić information content (AvgIpc) is 2.68. The fourth-order valence-corrected chi connectivity index (χ4v) is 3.40. The highest BCUT2D eigenvalue weighted by atomic mass is 35.5. The van der Waals surface area contributed by atoms with Gasteiger partial charge in [0.15, 0.2) is 0 Å². The molecule has 2 rings (SSSR count). The lowest BCUT2D eigenvalue weighted by Crippen LogP contribution is -2.48. The van der Waals surface area contributed by atoms with E-state index in [9.17, 15) is 14.7 Å². The summed E-state index contributed by atoms with van der Waals surface area (Å²) < 4.78 is 0.183. The lowest BCUT2D eigenvalue weighted by atomic mass is 10.2. The molecule has 8 heteroatoms. The lowest BCUT2D eigenvalue weighted by Gasteiger charge is -2.23. The zero-order chi connectivity index (χ0) is 15.7. The fourth-order valence-electron chi connectivity index (χ4n) is 1.67. The molecule has 1 saturated heterocycles. The van der Waals surface area contributed by atoms with Crippen molar-refractivity contribution in [1.29, 1.82) is 0 Å². The molecule has 0 saturated carbocycles. The first-order chi connectivity index (χ1) is 9.81. The van der Waals surface area contributed by atoms with Crippen molar-refractivity contribution in [2.45, 2.75) is 13.0 Å². The lowest BCUT2D eigenvalue weighted by molar-refractivity contribution is -0.309. The van der Waals surface area contributed by atoms with Crippen LogP contribution in [0.1, 0.15) is 12.5 Å². The number of thioether (sulfide) groups is 1. The van der Waals surface area contributed by atoms with Crippen molar-refractivity contribution in [2.75, 3.05) is 0 Å². The van der Waals surface area contributed by atoms with Gasteiger partial charge in [0.25, 0.3) is 5.91 Å². The fraction of sp³-hybridized carbons (Fsp3) is 0.154. The van der Waals surface area contributed by atoms with Gasteiger partial charge < -0.3 is 9.90 Å². The van der Waals surface area contributed by atoms with Gasteiger partial charge in [-0.25, -0.2) is 0 Å². The van der Waals surface area contributed by atoms with Crippen molar-refractivity contribution in [2.24, 2.45) is 0 Å². The number of nitrogens with zero attached hydrogens (tertiary/aromatic N) is 1. The Labute approximate surface area is 140 Å². The van der Waals surface area contributed by atoms with E-state index in [0.717, 1.165) is 16.7 Å². The second-order valence-corrected chi connectivity index (χ2v) is 6.71. The minimum atomic E-state index is -1.36. The highest BCUT2D eigenvalue weighted by molar-refractivity contribution is 8.26. The van der Waals surface area contributed by atoms with Gasteiger partial charge in [0.2, 0.25) is 0 Å². The Balaban J connectivity index is 2.32. The number of halogens is 2. The van der Waals surface area contributed by atoms with E-state index in [1.165, 1.54) is 6.92 Å². The molecule has 0 spiro atoms. The SMILES string of the molecule is C[C@H](C(=O)[O-])N1C(=O)/C(=C/c2ccc(Cl)c(Cl)c2)SC1=S. The molecular weight excluding hydrogens is 353 g/mol. The first kappa shape index (κ1) is 16.3. The number of amides is 1. The third kappa shape index (κ3) is 3.40. The predicted molar refractivity (Wildman–Crippen MR) is 85.9 cm³/mol. The molecule has 1 aliphatic rings. The molecule has 4 nitrogen and oxygen atoms in total. The van der Waals surface area contributed by atoms with Crippen molar-refractivity contribution in [3.63, 3.8) is 0 Å². The van der Waals surface area contributed by atoms with Crippen LogP contribution in [0.2, 0.25) is 10.0 Å². The molecule has 1 atom stereocenters. The molecule has 1 aromatic rings. The van der Waals surface area contributed by atoms with Gasteiger partial charge in [-0.2, -0.15) is 0 Å². The van der Waals surface area contributed by atoms with Gasteiger partial charge in [0.05, 0.1) is 27.0 Å². The largest absolute Gasteiger partial charge is 0.548 e. The highest BCUT2D eigenvalue weighted by Gasteiger charge is 2.35. The van der Waals surface area contributed by atoms with Gasteiger partial charge in [0.1, 0.15) is 4.32 Å². The van der Waals surface area contributed by atoms with Crippen LogP contribution in [0.4, 0.5) is 0 Å².